The van der Waals surface area contributed by atoms with E-state index >= 15 is 0 Å². The van der Waals surface area contributed by atoms with Crippen molar-refractivity contribution in [2.24, 2.45) is 0 Å². The third kappa shape index (κ3) is 4.14. The average Bonchev–Trinajstić information content (AvgIpc) is 3.44. The number of likely N-dealkylation sites (tertiary alicyclic amines) is 1. The van der Waals surface area contributed by atoms with Crippen molar-refractivity contribution in [3.63, 3.8) is 0 Å². The molecule has 0 saturated carbocycles. The lowest BCUT2D eigenvalue weighted by atomic mass is 10.0. The van der Waals surface area contributed by atoms with Gasteiger partial charge < -0.3 is 19.1 Å². The molecule has 0 aromatic heterocycles. The summed E-state index contributed by atoms with van der Waals surface area (Å²) in [5.41, 5.74) is 1.79. The first-order chi connectivity index (χ1) is 13.7. The number of carbonyl (C=O) groups excluding carboxylic acids is 1. The molecule has 0 N–H and O–H groups in total. The summed E-state index contributed by atoms with van der Waals surface area (Å²) in [6.45, 7) is 2.11. The van der Waals surface area contributed by atoms with Crippen LogP contribution in [0.3, 0.4) is 0 Å². The van der Waals surface area contributed by atoms with Crippen LogP contribution in [0, 0.1) is 0 Å². The van der Waals surface area contributed by atoms with Crippen LogP contribution < -0.4 is 9.47 Å². The van der Waals surface area contributed by atoms with Crippen molar-refractivity contribution < 1.29 is 19.0 Å². The molecule has 0 spiro atoms. The molecular weight excluding hydrogens is 354 g/mol. The molecule has 2 saturated heterocycles. The number of nitrogens with zero attached hydrogens (tertiary/aromatic N) is 1. The molecule has 2 heterocycles. The molecule has 1 amide bonds. The second kappa shape index (κ2) is 8.65. The minimum Gasteiger partial charge on any atom is -0.497 e. The predicted octanol–water partition coefficient (Wildman–Crippen LogP) is 4.23. The summed E-state index contributed by atoms with van der Waals surface area (Å²) in [6, 6.07) is 15.6. The maximum atomic E-state index is 13.2. The minimum absolute atomic E-state index is 0.0490. The predicted molar refractivity (Wildman–Crippen MR) is 107 cm³/mol. The number of carbonyl (C=O) groups is 1. The topological polar surface area (TPSA) is 48.0 Å². The van der Waals surface area contributed by atoms with Gasteiger partial charge in [-0.25, -0.2) is 0 Å². The Kier molecular flexibility index (Phi) is 5.81. The van der Waals surface area contributed by atoms with Gasteiger partial charge in [-0.2, -0.15) is 0 Å². The molecule has 0 radical (unpaired) electrons. The van der Waals surface area contributed by atoms with Gasteiger partial charge in [0.15, 0.2) is 0 Å². The SMILES string of the molecule is COc1cccc(C2CCCN2C(=O)c2cccc(OCC3CCCO3)c2)c1. The van der Waals surface area contributed by atoms with Crippen LogP contribution in [0.2, 0.25) is 0 Å². The van der Waals surface area contributed by atoms with Gasteiger partial charge >= 0.3 is 0 Å². The number of rotatable bonds is 6. The molecule has 28 heavy (non-hydrogen) atoms. The highest BCUT2D eigenvalue weighted by molar-refractivity contribution is 5.95. The molecule has 148 valence electrons. The molecule has 4 rings (SSSR count). The van der Waals surface area contributed by atoms with Crippen molar-refractivity contribution in [3.05, 3.63) is 59.7 Å². The van der Waals surface area contributed by atoms with Gasteiger partial charge in [-0.15, -0.1) is 0 Å². The van der Waals surface area contributed by atoms with Crippen LogP contribution in [0.5, 0.6) is 11.5 Å². The molecule has 2 unspecified atom stereocenters. The molecule has 0 aliphatic carbocycles. The van der Waals surface area contributed by atoms with Gasteiger partial charge in [-0.3, -0.25) is 4.79 Å². The normalized spacial score (nSPS) is 21.7. The number of amides is 1. The fourth-order valence-corrected chi connectivity index (χ4v) is 4.05. The van der Waals surface area contributed by atoms with Crippen molar-refractivity contribution in [1.29, 1.82) is 0 Å². The molecule has 2 aromatic rings. The summed E-state index contributed by atoms with van der Waals surface area (Å²) in [4.78, 5) is 15.2. The van der Waals surface area contributed by atoms with Crippen molar-refractivity contribution in [2.45, 2.75) is 37.8 Å². The summed E-state index contributed by atoms with van der Waals surface area (Å²) in [6.07, 6.45) is 4.26. The van der Waals surface area contributed by atoms with Gasteiger partial charge in [0.2, 0.25) is 0 Å². The van der Waals surface area contributed by atoms with E-state index < -0.39 is 0 Å². The molecule has 5 heteroatoms. The molecule has 2 atom stereocenters. The number of hydrogen-bond acceptors (Lipinski definition) is 4. The van der Waals surface area contributed by atoms with E-state index in [9.17, 15) is 4.79 Å². The first kappa shape index (κ1) is 18.8. The average molecular weight is 381 g/mol. The van der Waals surface area contributed by atoms with Crippen LogP contribution >= 0.6 is 0 Å². The van der Waals surface area contributed by atoms with E-state index in [1.54, 1.807) is 7.11 Å². The van der Waals surface area contributed by atoms with Crippen molar-refractivity contribution >= 4 is 5.91 Å². The Morgan fingerprint density at radius 3 is 2.79 bits per heavy atom. The Bertz CT molecular complexity index is 816. The van der Waals surface area contributed by atoms with Crippen LogP contribution in [0.4, 0.5) is 0 Å². The van der Waals surface area contributed by atoms with Crippen LogP contribution in [0.15, 0.2) is 48.5 Å². The van der Waals surface area contributed by atoms with E-state index in [1.807, 2.05) is 47.4 Å². The van der Waals surface area contributed by atoms with Gasteiger partial charge in [-0.1, -0.05) is 18.2 Å². The third-order valence-electron chi connectivity index (χ3n) is 5.53. The second-order valence-corrected chi connectivity index (χ2v) is 7.41. The molecule has 5 nitrogen and oxygen atoms in total. The molecule has 2 fully saturated rings. The van der Waals surface area contributed by atoms with Gasteiger partial charge in [0.25, 0.3) is 5.91 Å². The first-order valence-corrected chi connectivity index (χ1v) is 10.0. The molecule has 0 bridgehead atoms. The third-order valence-corrected chi connectivity index (χ3v) is 5.53. The summed E-state index contributed by atoms with van der Waals surface area (Å²) in [5, 5.41) is 0. The van der Waals surface area contributed by atoms with Crippen molar-refractivity contribution in [2.75, 3.05) is 26.9 Å². The number of methoxy groups -OCH3 is 1. The van der Waals surface area contributed by atoms with Crippen LogP contribution in [-0.2, 0) is 4.74 Å². The Balaban J connectivity index is 1.47. The quantitative estimate of drug-likeness (QED) is 0.751. The van der Waals surface area contributed by atoms with Crippen molar-refractivity contribution in [3.8, 4) is 11.5 Å². The van der Waals surface area contributed by atoms with Gasteiger partial charge in [0, 0.05) is 18.7 Å². The standard InChI is InChI=1S/C23H27NO4/c1-26-19-8-2-6-17(14-19)22-11-4-12-24(22)23(25)18-7-3-9-20(15-18)28-16-21-10-5-13-27-21/h2-3,6-9,14-15,21-22H,4-5,10-13,16H2,1H3. The highest BCUT2D eigenvalue weighted by Gasteiger charge is 2.31. The van der Waals surface area contributed by atoms with E-state index in [2.05, 4.69) is 6.07 Å². The lowest BCUT2D eigenvalue weighted by Crippen LogP contribution is -2.30. The van der Waals surface area contributed by atoms with Crippen molar-refractivity contribution in [1.82, 2.24) is 4.90 Å². The maximum Gasteiger partial charge on any atom is 0.254 e. The number of benzene rings is 2. The van der Waals surface area contributed by atoms with Gasteiger partial charge in [-0.05, 0) is 61.6 Å². The van der Waals surface area contributed by atoms with E-state index in [1.165, 1.54) is 0 Å². The molecule has 2 aliphatic heterocycles. The zero-order chi connectivity index (χ0) is 19.3. The Hall–Kier alpha value is -2.53. The lowest BCUT2D eigenvalue weighted by Gasteiger charge is -2.25. The molecule has 2 aromatic carbocycles. The van der Waals surface area contributed by atoms with Crippen LogP contribution in [-0.4, -0.2) is 43.8 Å². The van der Waals surface area contributed by atoms with E-state index in [0.29, 0.717) is 12.2 Å². The summed E-state index contributed by atoms with van der Waals surface area (Å²) >= 11 is 0. The monoisotopic (exact) mass is 381 g/mol. The number of ether oxygens (including phenoxy) is 3. The van der Waals surface area contributed by atoms with Gasteiger partial charge in [0.1, 0.15) is 18.1 Å². The Labute approximate surface area is 166 Å². The van der Waals surface area contributed by atoms with Crippen LogP contribution in [0.25, 0.3) is 0 Å². The lowest BCUT2D eigenvalue weighted by molar-refractivity contribution is 0.0676. The van der Waals surface area contributed by atoms with E-state index in [-0.39, 0.29) is 18.1 Å². The zero-order valence-electron chi connectivity index (χ0n) is 16.3. The zero-order valence-corrected chi connectivity index (χ0v) is 16.3. The van der Waals surface area contributed by atoms with E-state index in [4.69, 9.17) is 14.2 Å². The highest BCUT2D eigenvalue weighted by Crippen LogP contribution is 2.34. The minimum atomic E-state index is 0.0490. The summed E-state index contributed by atoms with van der Waals surface area (Å²) in [5.74, 6) is 1.59. The number of hydrogen-bond donors (Lipinski definition) is 0. The Morgan fingerprint density at radius 1 is 1.11 bits per heavy atom. The second-order valence-electron chi connectivity index (χ2n) is 7.41. The fraction of sp³-hybridized carbons (Fsp3) is 0.435. The fourth-order valence-electron chi connectivity index (χ4n) is 4.05. The van der Waals surface area contributed by atoms with Gasteiger partial charge in [0.05, 0.1) is 19.3 Å². The molecule has 2 aliphatic rings. The summed E-state index contributed by atoms with van der Waals surface area (Å²) < 4.78 is 16.8. The maximum absolute atomic E-state index is 13.2. The largest absolute Gasteiger partial charge is 0.497 e. The highest BCUT2D eigenvalue weighted by atomic mass is 16.5. The smallest absolute Gasteiger partial charge is 0.254 e. The first-order valence-electron chi connectivity index (χ1n) is 10.0. The Morgan fingerprint density at radius 2 is 1.96 bits per heavy atom. The van der Waals surface area contributed by atoms with E-state index in [0.717, 1.165) is 55.9 Å². The van der Waals surface area contributed by atoms with Crippen LogP contribution in [0.1, 0.15) is 47.6 Å². The molecular formula is C23H27NO4. The summed E-state index contributed by atoms with van der Waals surface area (Å²) in [7, 11) is 1.67.